The van der Waals surface area contributed by atoms with Crippen LogP contribution in [-0.2, 0) is 16.1 Å². The molecule has 8 heteroatoms. The summed E-state index contributed by atoms with van der Waals surface area (Å²) in [5, 5.41) is 6.27. The molecule has 0 saturated heterocycles. The Hall–Kier alpha value is -2.87. The Morgan fingerprint density at radius 3 is 2.48 bits per heavy atom. The Balaban J connectivity index is 1.47. The molecular weight excluding hydrogens is 412 g/mol. The number of fused-ring (bicyclic) bond motifs is 1. The maximum absolute atomic E-state index is 11.9. The molecule has 2 N–H and O–H groups in total. The standard InChI is InChI=1S/C19H19BrN4O3/c1-12-7-13(2)24(23-12)10-18(25)21-22-19(26)11-27-17-6-4-14-8-16(20)5-3-15(14)9-17/h3-9H,10-11H2,1-2H3,(H,21,25)(H,22,26). The van der Waals surface area contributed by atoms with Gasteiger partial charge in [0.15, 0.2) is 6.61 Å². The molecule has 27 heavy (non-hydrogen) atoms. The number of halogens is 1. The van der Waals surface area contributed by atoms with E-state index >= 15 is 0 Å². The highest BCUT2D eigenvalue weighted by Gasteiger charge is 2.09. The number of benzene rings is 2. The number of nitrogens with one attached hydrogen (secondary N) is 2. The first-order valence-corrected chi connectivity index (χ1v) is 9.11. The third kappa shape index (κ3) is 5.07. The van der Waals surface area contributed by atoms with Crippen molar-refractivity contribution in [2.45, 2.75) is 20.4 Å². The molecule has 0 aliphatic heterocycles. The Labute approximate surface area is 164 Å². The van der Waals surface area contributed by atoms with E-state index in [0.717, 1.165) is 26.6 Å². The number of hydrogen-bond acceptors (Lipinski definition) is 4. The van der Waals surface area contributed by atoms with Crippen LogP contribution in [-0.4, -0.2) is 28.2 Å². The zero-order chi connectivity index (χ0) is 19.4. The maximum atomic E-state index is 11.9. The van der Waals surface area contributed by atoms with Crippen molar-refractivity contribution in [3.8, 4) is 5.75 Å². The lowest BCUT2D eigenvalue weighted by Gasteiger charge is -2.10. The fraction of sp³-hybridized carbons (Fsp3) is 0.211. The number of ether oxygens (including phenoxy) is 1. The number of nitrogens with zero attached hydrogens (tertiary/aromatic N) is 2. The minimum atomic E-state index is -0.451. The molecule has 0 bridgehead atoms. The largest absolute Gasteiger partial charge is 0.484 e. The third-order valence-corrected chi connectivity index (χ3v) is 4.38. The van der Waals surface area contributed by atoms with E-state index < -0.39 is 5.91 Å². The van der Waals surface area contributed by atoms with E-state index in [0.29, 0.717) is 5.75 Å². The summed E-state index contributed by atoms with van der Waals surface area (Å²) in [6.45, 7) is 3.54. The molecule has 3 aromatic rings. The smallest absolute Gasteiger partial charge is 0.276 e. The van der Waals surface area contributed by atoms with Gasteiger partial charge in [0.1, 0.15) is 12.3 Å². The predicted molar refractivity (Wildman–Crippen MR) is 105 cm³/mol. The van der Waals surface area contributed by atoms with E-state index in [1.165, 1.54) is 0 Å². The molecule has 1 heterocycles. The lowest BCUT2D eigenvalue weighted by molar-refractivity contribution is -0.130. The number of aryl methyl sites for hydroxylation is 2. The number of carbonyl (C=O) groups excluding carboxylic acids is 2. The van der Waals surface area contributed by atoms with Gasteiger partial charge in [0.25, 0.3) is 11.8 Å². The molecule has 3 rings (SSSR count). The van der Waals surface area contributed by atoms with Gasteiger partial charge in [-0.2, -0.15) is 5.10 Å². The van der Waals surface area contributed by atoms with Gasteiger partial charge in [0.2, 0.25) is 0 Å². The van der Waals surface area contributed by atoms with Crippen LogP contribution in [0.2, 0.25) is 0 Å². The van der Waals surface area contributed by atoms with E-state index in [9.17, 15) is 9.59 Å². The van der Waals surface area contributed by atoms with Crippen molar-refractivity contribution >= 4 is 38.5 Å². The number of hydrogen-bond donors (Lipinski definition) is 2. The third-order valence-electron chi connectivity index (χ3n) is 3.88. The molecule has 0 fully saturated rings. The molecule has 7 nitrogen and oxygen atoms in total. The van der Waals surface area contributed by atoms with Crippen molar-refractivity contribution in [3.05, 3.63) is 58.3 Å². The molecule has 0 radical (unpaired) electrons. The monoisotopic (exact) mass is 430 g/mol. The molecular formula is C19H19BrN4O3. The average molecular weight is 431 g/mol. The van der Waals surface area contributed by atoms with Crippen LogP contribution in [0, 0.1) is 13.8 Å². The molecule has 140 valence electrons. The van der Waals surface area contributed by atoms with Crippen LogP contribution in [0.5, 0.6) is 5.75 Å². The van der Waals surface area contributed by atoms with Crippen molar-refractivity contribution < 1.29 is 14.3 Å². The number of amides is 2. The van der Waals surface area contributed by atoms with Crippen LogP contribution in [0.15, 0.2) is 46.9 Å². The zero-order valence-electron chi connectivity index (χ0n) is 15.0. The van der Waals surface area contributed by atoms with E-state index in [2.05, 4.69) is 31.9 Å². The van der Waals surface area contributed by atoms with Crippen LogP contribution in [0.4, 0.5) is 0 Å². The minimum absolute atomic E-state index is 0.0288. The van der Waals surface area contributed by atoms with Gasteiger partial charge < -0.3 is 4.74 Å². The molecule has 0 aliphatic carbocycles. The summed E-state index contributed by atoms with van der Waals surface area (Å²) in [5.74, 6) is -0.243. The molecule has 0 unspecified atom stereocenters. The number of aromatic nitrogens is 2. The second-order valence-corrected chi connectivity index (χ2v) is 7.04. The molecule has 0 aliphatic rings. The van der Waals surface area contributed by atoms with Crippen LogP contribution in [0.3, 0.4) is 0 Å². The van der Waals surface area contributed by atoms with Crippen molar-refractivity contribution in [2.24, 2.45) is 0 Å². The van der Waals surface area contributed by atoms with Gasteiger partial charge in [0, 0.05) is 10.2 Å². The van der Waals surface area contributed by atoms with E-state index in [-0.39, 0.29) is 19.1 Å². The van der Waals surface area contributed by atoms with Gasteiger partial charge in [-0.1, -0.05) is 28.1 Å². The summed E-state index contributed by atoms with van der Waals surface area (Å²) < 4.78 is 8.06. The molecule has 2 amide bonds. The molecule has 2 aromatic carbocycles. The molecule has 0 spiro atoms. The quantitative estimate of drug-likeness (QED) is 0.609. The van der Waals surface area contributed by atoms with Gasteiger partial charge in [-0.05, 0) is 55.0 Å². The van der Waals surface area contributed by atoms with Crippen LogP contribution < -0.4 is 15.6 Å². The van der Waals surface area contributed by atoms with Crippen molar-refractivity contribution in [1.82, 2.24) is 20.6 Å². The molecule has 0 saturated carbocycles. The van der Waals surface area contributed by atoms with Crippen molar-refractivity contribution in [1.29, 1.82) is 0 Å². The highest BCUT2D eigenvalue weighted by atomic mass is 79.9. The van der Waals surface area contributed by atoms with E-state index in [1.807, 2.05) is 50.2 Å². The zero-order valence-corrected chi connectivity index (χ0v) is 16.5. The molecule has 1 aromatic heterocycles. The van der Waals surface area contributed by atoms with Crippen LogP contribution in [0.1, 0.15) is 11.4 Å². The van der Waals surface area contributed by atoms with Gasteiger partial charge in [-0.15, -0.1) is 0 Å². The Morgan fingerprint density at radius 1 is 1.04 bits per heavy atom. The van der Waals surface area contributed by atoms with Crippen LogP contribution >= 0.6 is 15.9 Å². The maximum Gasteiger partial charge on any atom is 0.276 e. The van der Waals surface area contributed by atoms with Gasteiger partial charge in [-0.3, -0.25) is 25.1 Å². The summed E-state index contributed by atoms with van der Waals surface area (Å²) in [4.78, 5) is 23.8. The minimum Gasteiger partial charge on any atom is -0.484 e. The van der Waals surface area contributed by atoms with Gasteiger partial charge in [0.05, 0.1) is 5.69 Å². The number of carbonyl (C=O) groups is 2. The predicted octanol–water partition coefficient (Wildman–Crippen LogP) is 2.64. The number of rotatable bonds is 5. The Kier molecular flexibility index (Phi) is 5.75. The second kappa shape index (κ2) is 8.22. The highest BCUT2D eigenvalue weighted by Crippen LogP contribution is 2.24. The fourth-order valence-electron chi connectivity index (χ4n) is 2.62. The fourth-order valence-corrected chi connectivity index (χ4v) is 3.00. The van der Waals surface area contributed by atoms with E-state index in [1.54, 1.807) is 10.7 Å². The highest BCUT2D eigenvalue weighted by molar-refractivity contribution is 9.10. The number of hydrazine groups is 1. The second-order valence-electron chi connectivity index (χ2n) is 6.12. The lowest BCUT2D eigenvalue weighted by Crippen LogP contribution is -2.45. The Morgan fingerprint density at radius 2 is 1.74 bits per heavy atom. The summed E-state index contributed by atoms with van der Waals surface area (Å²) >= 11 is 3.43. The first kappa shape index (κ1) is 18.9. The first-order chi connectivity index (χ1) is 12.9. The SMILES string of the molecule is Cc1cc(C)n(CC(=O)NNC(=O)COc2ccc3cc(Br)ccc3c2)n1. The summed E-state index contributed by atoms with van der Waals surface area (Å²) in [6.07, 6.45) is 0. The molecule has 0 atom stereocenters. The van der Waals surface area contributed by atoms with Crippen LogP contribution in [0.25, 0.3) is 10.8 Å². The Bertz CT molecular complexity index is 1000. The average Bonchev–Trinajstić information content (AvgIpc) is 2.95. The van der Waals surface area contributed by atoms with E-state index in [4.69, 9.17) is 4.74 Å². The van der Waals surface area contributed by atoms with Crippen molar-refractivity contribution in [3.63, 3.8) is 0 Å². The topological polar surface area (TPSA) is 85.2 Å². The van der Waals surface area contributed by atoms with Crippen molar-refractivity contribution in [2.75, 3.05) is 6.61 Å². The summed E-state index contributed by atoms with van der Waals surface area (Å²) in [7, 11) is 0. The summed E-state index contributed by atoms with van der Waals surface area (Å²) in [5.41, 5.74) is 6.40. The lowest BCUT2D eigenvalue weighted by atomic mass is 10.1. The van der Waals surface area contributed by atoms with Gasteiger partial charge >= 0.3 is 0 Å². The first-order valence-electron chi connectivity index (χ1n) is 8.31. The normalized spacial score (nSPS) is 10.6. The summed E-state index contributed by atoms with van der Waals surface area (Å²) in [6, 6.07) is 13.4. The van der Waals surface area contributed by atoms with Gasteiger partial charge in [-0.25, -0.2) is 0 Å².